The van der Waals surface area contributed by atoms with Crippen LogP contribution in [0.1, 0.15) is 12.1 Å². The number of ether oxygens (including phenoxy) is 1. The Morgan fingerprint density at radius 3 is 2.75 bits per heavy atom. The van der Waals surface area contributed by atoms with E-state index < -0.39 is 0 Å². The number of nitrogens with zero attached hydrogens (tertiary/aromatic N) is 4. The lowest BCUT2D eigenvalue weighted by Crippen LogP contribution is -2.37. The third kappa shape index (κ3) is 4.61. The Bertz CT molecular complexity index is 418. The largest absolute Gasteiger partial charge is 0.378 e. The maximum Gasteiger partial charge on any atom is 0.224 e. The van der Waals surface area contributed by atoms with E-state index in [1.54, 1.807) is 0 Å². The quantitative estimate of drug-likeness (QED) is 0.784. The molecule has 0 atom stereocenters. The van der Waals surface area contributed by atoms with E-state index in [2.05, 4.69) is 39.2 Å². The average molecular weight is 279 g/mol. The summed E-state index contributed by atoms with van der Waals surface area (Å²) >= 11 is 0. The summed E-state index contributed by atoms with van der Waals surface area (Å²) < 4.78 is 5.38. The Balaban J connectivity index is 1.93. The van der Waals surface area contributed by atoms with Crippen molar-refractivity contribution in [3.63, 3.8) is 0 Å². The first-order chi connectivity index (χ1) is 9.65. The van der Waals surface area contributed by atoms with Crippen molar-refractivity contribution in [3.8, 4) is 0 Å². The molecule has 1 N–H and O–H groups in total. The summed E-state index contributed by atoms with van der Waals surface area (Å²) in [4.78, 5) is 13.5. The van der Waals surface area contributed by atoms with Crippen LogP contribution in [0.4, 0.5) is 11.8 Å². The number of hydrogen-bond donors (Lipinski definition) is 1. The molecule has 112 valence electrons. The van der Waals surface area contributed by atoms with Crippen molar-refractivity contribution in [2.75, 3.05) is 63.7 Å². The molecule has 6 heteroatoms. The third-order valence-electron chi connectivity index (χ3n) is 3.24. The first-order valence-corrected chi connectivity index (χ1v) is 7.22. The molecular formula is C14H25N5O. The molecule has 1 fully saturated rings. The predicted molar refractivity (Wildman–Crippen MR) is 81.5 cm³/mol. The molecule has 0 bridgehead atoms. The highest BCUT2D eigenvalue weighted by Gasteiger charge is 2.13. The summed E-state index contributed by atoms with van der Waals surface area (Å²) in [7, 11) is 4.17. The Labute approximate surface area is 121 Å². The van der Waals surface area contributed by atoms with Crippen LogP contribution in [0.5, 0.6) is 0 Å². The van der Waals surface area contributed by atoms with Crippen LogP contribution < -0.4 is 10.2 Å². The SMILES string of the molecule is Cc1cc(N2CCOCC2)nc(NCCCN(C)C)n1. The standard InChI is InChI=1S/C14H25N5O/c1-12-11-13(19-7-9-20-10-8-19)17-14(16-12)15-5-4-6-18(2)3/h11H,4-10H2,1-3H3,(H,15,16,17). The highest BCUT2D eigenvalue weighted by atomic mass is 16.5. The van der Waals surface area contributed by atoms with Gasteiger partial charge in [0.2, 0.25) is 5.95 Å². The van der Waals surface area contributed by atoms with Gasteiger partial charge in [-0.2, -0.15) is 4.98 Å². The number of aromatic nitrogens is 2. The van der Waals surface area contributed by atoms with Gasteiger partial charge in [-0.05, 0) is 34.0 Å². The lowest BCUT2D eigenvalue weighted by atomic mass is 10.3. The van der Waals surface area contributed by atoms with Gasteiger partial charge in [0.25, 0.3) is 0 Å². The monoisotopic (exact) mass is 279 g/mol. The summed E-state index contributed by atoms with van der Waals surface area (Å²) in [5.41, 5.74) is 0.997. The summed E-state index contributed by atoms with van der Waals surface area (Å²) in [5, 5.41) is 3.31. The van der Waals surface area contributed by atoms with Crippen LogP contribution in [0.2, 0.25) is 0 Å². The molecule has 2 rings (SSSR count). The van der Waals surface area contributed by atoms with E-state index in [0.717, 1.165) is 63.3 Å². The highest BCUT2D eigenvalue weighted by molar-refractivity contribution is 5.45. The van der Waals surface area contributed by atoms with Crippen LogP contribution in [0.15, 0.2) is 6.07 Å². The minimum Gasteiger partial charge on any atom is -0.378 e. The van der Waals surface area contributed by atoms with Crippen molar-refractivity contribution >= 4 is 11.8 Å². The fourth-order valence-electron chi connectivity index (χ4n) is 2.18. The van der Waals surface area contributed by atoms with E-state index >= 15 is 0 Å². The first-order valence-electron chi connectivity index (χ1n) is 7.22. The van der Waals surface area contributed by atoms with Crippen LogP contribution in [0.25, 0.3) is 0 Å². The zero-order chi connectivity index (χ0) is 14.4. The van der Waals surface area contributed by atoms with Crippen molar-refractivity contribution in [1.29, 1.82) is 0 Å². The van der Waals surface area contributed by atoms with E-state index in [1.807, 2.05) is 13.0 Å². The molecule has 0 aliphatic carbocycles. The molecule has 0 saturated carbocycles. The van der Waals surface area contributed by atoms with Crippen LogP contribution in [-0.2, 0) is 4.74 Å². The molecule has 2 heterocycles. The molecule has 1 aromatic heterocycles. The van der Waals surface area contributed by atoms with Crippen LogP contribution in [-0.4, -0.2) is 68.4 Å². The molecule has 0 spiro atoms. The Kier molecular flexibility index (Phi) is 5.55. The summed E-state index contributed by atoms with van der Waals surface area (Å²) in [5.74, 6) is 1.72. The third-order valence-corrected chi connectivity index (χ3v) is 3.24. The molecule has 0 aromatic carbocycles. The predicted octanol–water partition coefficient (Wildman–Crippen LogP) is 0.985. The second kappa shape index (κ2) is 7.40. The topological polar surface area (TPSA) is 53.5 Å². The van der Waals surface area contributed by atoms with E-state index in [1.165, 1.54) is 0 Å². The summed E-state index contributed by atoms with van der Waals surface area (Å²) in [6, 6.07) is 2.04. The van der Waals surface area contributed by atoms with Gasteiger partial charge in [-0.15, -0.1) is 0 Å². The molecule has 1 aliphatic rings. The van der Waals surface area contributed by atoms with Crippen molar-refractivity contribution in [2.24, 2.45) is 0 Å². The minimum absolute atomic E-state index is 0.727. The molecule has 0 amide bonds. The lowest BCUT2D eigenvalue weighted by Gasteiger charge is -2.28. The van der Waals surface area contributed by atoms with Gasteiger partial charge in [-0.3, -0.25) is 0 Å². The molecule has 0 unspecified atom stereocenters. The van der Waals surface area contributed by atoms with Gasteiger partial charge in [0.05, 0.1) is 13.2 Å². The molecule has 20 heavy (non-hydrogen) atoms. The van der Waals surface area contributed by atoms with E-state index in [9.17, 15) is 0 Å². The fraction of sp³-hybridized carbons (Fsp3) is 0.714. The van der Waals surface area contributed by atoms with Crippen molar-refractivity contribution in [1.82, 2.24) is 14.9 Å². The number of rotatable bonds is 6. The van der Waals surface area contributed by atoms with Gasteiger partial charge in [-0.25, -0.2) is 4.98 Å². The lowest BCUT2D eigenvalue weighted by molar-refractivity contribution is 0.122. The Morgan fingerprint density at radius 2 is 2.05 bits per heavy atom. The highest BCUT2D eigenvalue weighted by Crippen LogP contribution is 2.16. The Hall–Kier alpha value is -1.40. The second-order valence-corrected chi connectivity index (χ2v) is 5.37. The smallest absolute Gasteiger partial charge is 0.224 e. The molecule has 1 saturated heterocycles. The number of nitrogens with one attached hydrogen (secondary N) is 1. The normalized spacial score (nSPS) is 15.7. The zero-order valence-corrected chi connectivity index (χ0v) is 12.7. The second-order valence-electron chi connectivity index (χ2n) is 5.37. The van der Waals surface area contributed by atoms with Gasteiger partial charge in [0.15, 0.2) is 0 Å². The fourth-order valence-corrected chi connectivity index (χ4v) is 2.18. The van der Waals surface area contributed by atoms with Gasteiger partial charge in [0, 0.05) is 31.4 Å². The van der Waals surface area contributed by atoms with Gasteiger partial charge < -0.3 is 19.9 Å². The number of hydrogen-bond acceptors (Lipinski definition) is 6. The van der Waals surface area contributed by atoms with Gasteiger partial charge in [0.1, 0.15) is 5.82 Å². The summed E-state index contributed by atoms with van der Waals surface area (Å²) in [6.07, 6.45) is 1.08. The molecular weight excluding hydrogens is 254 g/mol. The average Bonchev–Trinajstić information content (AvgIpc) is 2.44. The zero-order valence-electron chi connectivity index (χ0n) is 12.7. The van der Waals surface area contributed by atoms with Crippen LogP contribution >= 0.6 is 0 Å². The number of aryl methyl sites for hydroxylation is 1. The maximum absolute atomic E-state index is 5.38. The van der Waals surface area contributed by atoms with Gasteiger partial charge >= 0.3 is 0 Å². The van der Waals surface area contributed by atoms with Crippen molar-refractivity contribution in [2.45, 2.75) is 13.3 Å². The molecule has 1 aromatic rings. The molecule has 0 radical (unpaired) electrons. The Morgan fingerprint density at radius 1 is 1.30 bits per heavy atom. The van der Waals surface area contributed by atoms with Crippen molar-refractivity contribution in [3.05, 3.63) is 11.8 Å². The maximum atomic E-state index is 5.38. The minimum atomic E-state index is 0.727. The van der Waals surface area contributed by atoms with Crippen molar-refractivity contribution < 1.29 is 4.74 Å². The van der Waals surface area contributed by atoms with Gasteiger partial charge in [-0.1, -0.05) is 0 Å². The van der Waals surface area contributed by atoms with E-state index in [4.69, 9.17) is 4.74 Å². The number of anilines is 2. The number of morpholine rings is 1. The molecule has 1 aliphatic heterocycles. The summed E-state index contributed by atoms with van der Waals surface area (Å²) in [6.45, 7) is 7.31. The van der Waals surface area contributed by atoms with E-state index in [0.29, 0.717) is 0 Å². The van der Waals surface area contributed by atoms with Crippen LogP contribution in [0, 0.1) is 6.92 Å². The molecule has 6 nitrogen and oxygen atoms in total. The first kappa shape index (κ1) is 15.0. The van der Waals surface area contributed by atoms with E-state index in [-0.39, 0.29) is 0 Å². The van der Waals surface area contributed by atoms with Crippen LogP contribution in [0.3, 0.4) is 0 Å².